The molecule has 0 fully saturated rings. The maximum Gasteiger partial charge on any atom is 0.127 e. The fourth-order valence-electron chi connectivity index (χ4n) is 1.06. The Morgan fingerprint density at radius 2 is 2.07 bits per heavy atom. The maximum absolute atomic E-state index is 8.81. The highest BCUT2D eigenvalue weighted by Gasteiger charge is 2.26. The van der Waals surface area contributed by atoms with Crippen LogP contribution in [0.4, 0.5) is 0 Å². The summed E-state index contributed by atoms with van der Waals surface area (Å²) in [5.74, 6) is 0. The van der Waals surface area contributed by atoms with Crippen LogP contribution in [0.5, 0.6) is 0 Å². The fraction of sp³-hybridized carbons (Fsp3) is 0.417. The Morgan fingerprint density at radius 3 is 2.60 bits per heavy atom. The molecule has 0 radical (unpaired) electrons. The van der Waals surface area contributed by atoms with Crippen molar-refractivity contribution in [1.82, 2.24) is 0 Å². The molecule has 0 saturated heterocycles. The van der Waals surface area contributed by atoms with Gasteiger partial charge in [-0.25, -0.2) is 0 Å². The Labute approximate surface area is 90.5 Å². The van der Waals surface area contributed by atoms with E-state index in [1.54, 1.807) is 6.92 Å². The van der Waals surface area contributed by atoms with Crippen molar-refractivity contribution in [2.75, 3.05) is 0 Å². The van der Waals surface area contributed by atoms with Crippen molar-refractivity contribution in [3.8, 4) is 6.07 Å². The molecule has 0 saturated carbocycles. The third-order valence-corrected chi connectivity index (χ3v) is 2.43. The summed E-state index contributed by atoms with van der Waals surface area (Å²) in [5, 5.41) is 8.81. The monoisotopic (exact) mass is 204 g/mol. The molecule has 1 aromatic rings. The van der Waals surface area contributed by atoms with Crippen LogP contribution < -0.4 is 5.73 Å². The van der Waals surface area contributed by atoms with E-state index >= 15 is 0 Å². The summed E-state index contributed by atoms with van der Waals surface area (Å²) in [7, 11) is 0. The smallest absolute Gasteiger partial charge is 0.127 e. The lowest BCUT2D eigenvalue weighted by molar-refractivity contribution is 0.0222. The molecule has 80 valence electrons. The van der Waals surface area contributed by atoms with Gasteiger partial charge in [0.1, 0.15) is 5.54 Å². The van der Waals surface area contributed by atoms with Gasteiger partial charge < -0.3 is 10.5 Å². The third kappa shape index (κ3) is 3.35. The van der Waals surface area contributed by atoms with Crippen LogP contribution in [0.25, 0.3) is 0 Å². The molecule has 2 atom stereocenters. The van der Waals surface area contributed by atoms with Crippen molar-refractivity contribution in [2.24, 2.45) is 5.73 Å². The van der Waals surface area contributed by atoms with Gasteiger partial charge in [-0.05, 0) is 19.4 Å². The molecular weight excluding hydrogens is 188 g/mol. The van der Waals surface area contributed by atoms with Crippen molar-refractivity contribution in [3.63, 3.8) is 0 Å². The van der Waals surface area contributed by atoms with E-state index in [-0.39, 0.29) is 6.10 Å². The number of nitriles is 1. The van der Waals surface area contributed by atoms with Gasteiger partial charge in [0.05, 0.1) is 18.8 Å². The molecule has 0 spiro atoms. The lowest BCUT2D eigenvalue weighted by atomic mass is 10.00. The molecule has 0 aliphatic carbocycles. The largest absolute Gasteiger partial charge is 0.371 e. The molecular formula is C12H16N2O. The molecule has 0 aliphatic rings. The van der Waals surface area contributed by atoms with E-state index in [0.29, 0.717) is 6.61 Å². The van der Waals surface area contributed by atoms with Gasteiger partial charge in [0.15, 0.2) is 0 Å². The molecule has 1 rings (SSSR count). The maximum atomic E-state index is 8.81. The lowest BCUT2D eigenvalue weighted by Gasteiger charge is -2.24. The van der Waals surface area contributed by atoms with Crippen molar-refractivity contribution >= 4 is 0 Å². The Balaban J connectivity index is 2.49. The number of ether oxygens (including phenoxy) is 1. The Kier molecular flexibility index (Phi) is 3.84. The average molecular weight is 204 g/mol. The standard InChI is InChI=1S/C12H16N2O/c1-10(12(2,14)9-13)15-8-11-6-4-3-5-7-11/h3-7,10H,8,14H2,1-2H3/t10-,12?/m1/s1. The minimum Gasteiger partial charge on any atom is -0.371 e. The first-order chi connectivity index (χ1) is 7.06. The number of hydrogen-bond donors (Lipinski definition) is 1. The summed E-state index contributed by atoms with van der Waals surface area (Å²) < 4.78 is 5.54. The SMILES string of the molecule is C[C@@H](OCc1ccccc1)C(C)(N)C#N. The molecule has 1 aromatic carbocycles. The minimum absolute atomic E-state index is 0.289. The molecule has 3 nitrogen and oxygen atoms in total. The van der Waals surface area contributed by atoms with E-state index in [0.717, 1.165) is 5.56 Å². The van der Waals surface area contributed by atoms with Gasteiger partial charge in [0, 0.05) is 0 Å². The minimum atomic E-state index is -0.936. The van der Waals surface area contributed by atoms with Gasteiger partial charge in [-0.1, -0.05) is 30.3 Å². The second-order valence-corrected chi connectivity index (χ2v) is 3.83. The van der Waals surface area contributed by atoms with Crippen molar-refractivity contribution < 1.29 is 4.74 Å². The third-order valence-electron chi connectivity index (χ3n) is 2.43. The van der Waals surface area contributed by atoms with Crippen LogP contribution in [0, 0.1) is 11.3 Å². The molecule has 0 aliphatic heterocycles. The van der Waals surface area contributed by atoms with Gasteiger partial charge in [0.2, 0.25) is 0 Å². The molecule has 0 amide bonds. The van der Waals surface area contributed by atoms with E-state index in [1.165, 1.54) is 0 Å². The van der Waals surface area contributed by atoms with Gasteiger partial charge in [-0.2, -0.15) is 5.26 Å². The zero-order valence-electron chi connectivity index (χ0n) is 9.10. The molecule has 1 unspecified atom stereocenters. The highest BCUT2D eigenvalue weighted by Crippen LogP contribution is 2.11. The molecule has 0 aromatic heterocycles. The van der Waals surface area contributed by atoms with Gasteiger partial charge >= 0.3 is 0 Å². The molecule has 15 heavy (non-hydrogen) atoms. The number of nitrogens with two attached hydrogens (primary N) is 1. The number of nitrogens with zero attached hydrogens (tertiary/aromatic N) is 1. The molecule has 0 bridgehead atoms. The first-order valence-corrected chi connectivity index (χ1v) is 4.92. The molecule has 2 N–H and O–H groups in total. The summed E-state index contributed by atoms with van der Waals surface area (Å²) in [6, 6.07) is 11.8. The Hall–Kier alpha value is -1.37. The van der Waals surface area contributed by atoms with Gasteiger partial charge in [-0.15, -0.1) is 0 Å². The van der Waals surface area contributed by atoms with Gasteiger partial charge in [0.25, 0.3) is 0 Å². The summed E-state index contributed by atoms with van der Waals surface area (Å²) in [6.45, 7) is 3.96. The normalized spacial score (nSPS) is 16.4. The van der Waals surface area contributed by atoms with Crippen molar-refractivity contribution in [2.45, 2.75) is 32.1 Å². The van der Waals surface area contributed by atoms with E-state index in [4.69, 9.17) is 15.7 Å². The quantitative estimate of drug-likeness (QED) is 0.814. The summed E-state index contributed by atoms with van der Waals surface area (Å²) >= 11 is 0. The first kappa shape index (κ1) is 11.7. The molecule has 3 heteroatoms. The van der Waals surface area contributed by atoms with Crippen LogP contribution in [0.15, 0.2) is 30.3 Å². The first-order valence-electron chi connectivity index (χ1n) is 4.92. The highest BCUT2D eigenvalue weighted by molar-refractivity contribution is 5.14. The van der Waals surface area contributed by atoms with Crippen molar-refractivity contribution in [1.29, 1.82) is 5.26 Å². The van der Waals surface area contributed by atoms with E-state index < -0.39 is 5.54 Å². The number of hydrogen-bond acceptors (Lipinski definition) is 3. The van der Waals surface area contributed by atoms with E-state index in [9.17, 15) is 0 Å². The summed E-state index contributed by atoms with van der Waals surface area (Å²) in [4.78, 5) is 0. The zero-order valence-corrected chi connectivity index (χ0v) is 9.10. The van der Waals surface area contributed by atoms with Gasteiger partial charge in [-0.3, -0.25) is 0 Å². The summed E-state index contributed by atoms with van der Waals surface area (Å²) in [5.41, 5.74) is 5.88. The number of benzene rings is 1. The van der Waals surface area contributed by atoms with Crippen LogP contribution in [0.2, 0.25) is 0 Å². The predicted molar refractivity (Wildman–Crippen MR) is 58.9 cm³/mol. The second-order valence-electron chi connectivity index (χ2n) is 3.83. The van der Waals surface area contributed by atoms with Crippen LogP contribution in [-0.4, -0.2) is 11.6 Å². The average Bonchev–Trinajstić information content (AvgIpc) is 2.27. The summed E-state index contributed by atoms with van der Waals surface area (Å²) in [6.07, 6.45) is -0.289. The predicted octanol–water partition coefficient (Wildman–Crippen LogP) is 1.83. The fourth-order valence-corrected chi connectivity index (χ4v) is 1.06. The lowest BCUT2D eigenvalue weighted by Crippen LogP contribution is -2.46. The van der Waals surface area contributed by atoms with Crippen LogP contribution in [-0.2, 0) is 11.3 Å². The van der Waals surface area contributed by atoms with Crippen LogP contribution in [0.1, 0.15) is 19.4 Å². The van der Waals surface area contributed by atoms with Crippen LogP contribution in [0.3, 0.4) is 0 Å². The Morgan fingerprint density at radius 1 is 1.47 bits per heavy atom. The second kappa shape index (κ2) is 4.92. The topological polar surface area (TPSA) is 59.0 Å². The Bertz CT molecular complexity index is 340. The molecule has 0 heterocycles. The van der Waals surface area contributed by atoms with E-state index in [2.05, 4.69) is 0 Å². The van der Waals surface area contributed by atoms with Crippen molar-refractivity contribution in [3.05, 3.63) is 35.9 Å². The zero-order chi connectivity index (χ0) is 11.3. The number of rotatable bonds is 4. The van der Waals surface area contributed by atoms with Crippen LogP contribution >= 0.6 is 0 Å². The highest BCUT2D eigenvalue weighted by atomic mass is 16.5. The van der Waals surface area contributed by atoms with E-state index in [1.807, 2.05) is 43.3 Å².